The highest BCUT2D eigenvalue weighted by molar-refractivity contribution is 5.98. The lowest BCUT2D eigenvalue weighted by molar-refractivity contribution is -0.117. The van der Waals surface area contributed by atoms with Crippen LogP contribution in [-0.4, -0.2) is 22.9 Å². The van der Waals surface area contributed by atoms with Gasteiger partial charge in [0, 0.05) is 17.2 Å². The molecular formula is C23H23N3O3. The highest BCUT2D eigenvalue weighted by Gasteiger charge is 2.44. The molecule has 1 aliphatic heterocycles. The fourth-order valence-electron chi connectivity index (χ4n) is 4.13. The molecule has 0 saturated heterocycles. The van der Waals surface area contributed by atoms with Crippen LogP contribution in [0.5, 0.6) is 11.5 Å². The number of hydrogen-bond donors (Lipinski definition) is 2. The van der Waals surface area contributed by atoms with Gasteiger partial charge in [-0.1, -0.05) is 37.3 Å². The van der Waals surface area contributed by atoms with Crippen molar-refractivity contribution in [3.8, 4) is 22.6 Å². The molecule has 6 heteroatoms. The van der Waals surface area contributed by atoms with Crippen LogP contribution in [0.25, 0.3) is 11.1 Å². The topological polar surface area (TPSA) is 76.2 Å². The second-order valence-corrected chi connectivity index (χ2v) is 7.64. The zero-order valence-electron chi connectivity index (χ0n) is 16.5. The minimum Gasteiger partial charge on any atom is -0.454 e. The Hall–Kier alpha value is -3.28. The molecule has 2 atom stereocenters. The van der Waals surface area contributed by atoms with Gasteiger partial charge in [0.1, 0.15) is 0 Å². The van der Waals surface area contributed by atoms with Gasteiger partial charge in [-0.3, -0.25) is 9.89 Å². The Balaban J connectivity index is 1.39. The number of anilines is 1. The van der Waals surface area contributed by atoms with Crippen molar-refractivity contribution >= 4 is 11.7 Å². The van der Waals surface area contributed by atoms with Crippen LogP contribution in [0, 0.1) is 12.8 Å². The summed E-state index contributed by atoms with van der Waals surface area (Å²) in [5.41, 5.74) is 5.33. The fraction of sp³-hybridized carbons (Fsp3) is 0.304. The first-order chi connectivity index (χ1) is 14.2. The van der Waals surface area contributed by atoms with Gasteiger partial charge in [0.15, 0.2) is 17.3 Å². The highest BCUT2D eigenvalue weighted by atomic mass is 16.7. The van der Waals surface area contributed by atoms with Crippen molar-refractivity contribution in [3.05, 3.63) is 59.3 Å². The number of carbonyl (C=O) groups excluding carboxylic acids is 1. The summed E-state index contributed by atoms with van der Waals surface area (Å²) < 4.78 is 10.9. The predicted molar refractivity (Wildman–Crippen MR) is 110 cm³/mol. The van der Waals surface area contributed by atoms with Gasteiger partial charge >= 0.3 is 0 Å². The van der Waals surface area contributed by atoms with E-state index in [0.717, 1.165) is 35.4 Å². The number of rotatable bonds is 5. The number of nitrogens with zero attached hydrogens (tertiary/aromatic N) is 1. The van der Waals surface area contributed by atoms with E-state index < -0.39 is 0 Å². The molecule has 3 aromatic rings. The van der Waals surface area contributed by atoms with Crippen molar-refractivity contribution in [2.45, 2.75) is 32.6 Å². The number of benzene rings is 2. The van der Waals surface area contributed by atoms with E-state index in [1.165, 1.54) is 11.1 Å². The first-order valence-corrected chi connectivity index (χ1v) is 9.99. The number of aromatic amines is 1. The van der Waals surface area contributed by atoms with Crippen LogP contribution in [0.15, 0.2) is 42.5 Å². The summed E-state index contributed by atoms with van der Waals surface area (Å²) in [4.78, 5) is 12.9. The molecule has 1 aromatic heterocycles. The highest BCUT2D eigenvalue weighted by Crippen LogP contribution is 2.49. The summed E-state index contributed by atoms with van der Waals surface area (Å²) >= 11 is 0. The molecule has 0 radical (unpaired) electrons. The molecule has 2 heterocycles. The number of fused-ring (bicyclic) bond motifs is 1. The molecule has 2 aromatic carbocycles. The standard InChI is InChI=1S/C23H23N3O3/c1-3-18-21(14-8-9-19-20(10-14)29-12-28-19)22(26-25-18)24-23(27)17-11-16(17)15-7-5-4-6-13(15)2/h4-10,16-17H,3,11-12H2,1-2H3,(H2,24,25,26,27)/t16-,17+/m0/s1. The molecule has 5 rings (SSSR count). The zero-order chi connectivity index (χ0) is 20.0. The van der Waals surface area contributed by atoms with Crippen molar-refractivity contribution in [1.29, 1.82) is 0 Å². The number of aryl methyl sites for hydroxylation is 2. The van der Waals surface area contributed by atoms with Gasteiger partial charge in [0.25, 0.3) is 0 Å². The Morgan fingerprint density at radius 3 is 2.86 bits per heavy atom. The third kappa shape index (κ3) is 3.14. The van der Waals surface area contributed by atoms with E-state index in [1.807, 2.05) is 30.3 Å². The van der Waals surface area contributed by atoms with E-state index in [0.29, 0.717) is 11.6 Å². The van der Waals surface area contributed by atoms with Crippen LogP contribution in [-0.2, 0) is 11.2 Å². The van der Waals surface area contributed by atoms with Crippen LogP contribution < -0.4 is 14.8 Å². The number of nitrogens with one attached hydrogen (secondary N) is 2. The van der Waals surface area contributed by atoms with Crippen molar-refractivity contribution in [2.24, 2.45) is 5.92 Å². The SMILES string of the molecule is CCc1[nH]nc(NC(=O)[C@@H]2C[C@H]2c2ccccc2C)c1-c1ccc2c(c1)OCO2. The molecule has 1 amide bonds. The third-order valence-electron chi connectivity index (χ3n) is 5.81. The minimum absolute atomic E-state index is 0.0116. The smallest absolute Gasteiger partial charge is 0.231 e. The Morgan fingerprint density at radius 1 is 1.21 bits per heavy atom. The number of aromatic nitrogens is 2. The summed E-state index contributed by atoms with van der Waals surface area (Å²) in [6.45, 7) is 4.39. The molecule has 2 N–H and O–H groups in total. The van der Waals surface area contributed by atoms with E-state index >= 15 is 0 Å². The van der Waals surface area contributed by atoms with Crippen LogP contribution in [0.1, 0.15) is 36.1 Å². The average Bonchev–Trinajstić information content (AvgIpc) is 3.20. The summed E-state index contributed by atoms with van der Waals surface area (Å²) in [5.74, 6) is 2.32. The third-order valence-corrected chi connectivity index (χ3v) is 5.81. The lowest BCUT2D eigenvalue weighted by Gasteiger charge is -2.09. The van der Waals surface area contributed by atoms with E-state index in [9.17, 15) is 4.79 Å². The monoisotopic (exact) mass is 389 g/mol. The molecule has 6 nitrogen and oxygen atoms in total. The maximum atomic E-state index is 12.9. The molecule has 2 aliphatic rings. The van der Waals surface area contributed by atoms with Gasteiger partial charge in [-0.2, -0.15) is 5.10 Å². The summed E-state index contributed by atoms with van der Waals surface area (Å²) in [6, 6.07) is 14.1. The van der Waals surface area contributed by atoms with Crippen LogP contribution >= 0.6 is 0 Å². The summed E-state index contributed by atoms with van der Waals surface area (Å²) in [5, 5.41) is 10.5. The molecule has 29 heavy (non-hydrogen) atoms. The fourth-order valence-corrected chi connectivity index (χ4v) is 4.13. The van der Waals surface area contributed by atoms with E-state index in [2.05, 4.69) is 41.5 Å². The van der Waals surface area contributed by atoms with Gasteiger partial charge in [-0.15, -0.1) is 0 Å². The molecule has 0 spiro atoms. The van der Waals surface area contributed by atoms with Gasteiger partial charge < -0.3 is 14.8 Å². The van der Waals surface area contributed by atoms with Gasteiger partial charge in [-0.05, 0) is 54.5 Å². The number of carbonyl (C=O) groups is 1. The number of ether oxygens (including phenoxy) is 2. The van der Waals surface area contributed by atoms with E-state index in [-0.39, 0.29) is 24.5 Å². The van der Waals surface area contributed by atoms with Gasteiger partial charge in [0.2, 0.25) is 12.7 Å². The van der Waals surface area contributed by atoms with Crippen molar-refractivity contribution < 1.29 is 14.3 Å². The second kappa shape index (κ2) is 6.95. The summed E-state index contributed by atoms with van der Waals surface area (Å²) in [7, 11) is 0. The average molecular weight is 389 g/mol. The number of hydrogen-bond acceptors (Lipinski definition) is 4. The Labute approximate surface area is 169 Å². The van der Waals surface area contributed by atoms with Crippen molar-refractivity contribution in [3.63, 3.8) is 0 Å². The molecule has 1 fully saturated rings. The molecule has 1 saturated carbocycles. The van der Waals surface area contributed by atoms with Crippen LogP contribution in [0.4, 0.5) is 5.82 Å². The molecule has 0 unspecified atom stereocenters. The largest absolute Gasteiger partial charge is 0.454 e. The van der Waals surface area contributed by atoms with E-state index in [1.54, 1.807) is 0 Å². The molecular weight excluding hydrogens is 366 g/mol. The number of H-pyrrole nitrogens is 1. The summed E-state index contributed by atoms with van der Waals surface area (Å²) in [6.07, 6.45) is 1.66. The maximum Gasteiger partial charge on any atom is 0.231 e. The van der Waals surface area contributed by atoms with Crippen molar-refractivity contribution in [2.75, 3.05) is 12.1 Å². The molecule has 148 valence electrons. The van der Waals surface area contributed by atoms with Gasteiger partial charge in [0.05, 0.1) is 0 Å². The molecule has 1 aliphatic carbocycles. The maximum absolute atomic E-state index is 12.9. The Morgan fingerprint density at radius 2 is 2.03 bits per heavy atom. The normalized spacial score (nSPS) is 19.2. The van der Waals surface area contributed by atoms with E-state index in [4.69, 9.17) is 9.47 Å². The lowest BCUT2D eigenvalue weighted by atomic mass is 10.0. The Bertz CT molecular complexity index is 1090. The zero-order valence-corrected chi connectivity index (χ0v) is 16.5. The number of amides is 1. The molecule has 0 bridgehead atoms. The van der Waals surface area contributed by atoms with Crippen LogP contribution in [0.2, 0.25) is 0 Å². The van der Waals surface area contributed by atoms with Crippen molar-refractivity contribution in [1.82, 2.24) is 10.2 Å². The predicted octanol–water partition coefficient (Wildman–Crippen LogP) is 4.42. The van der Waals surface area contributed by atoms with Crippen LogP contribution in [0.3, 0.4) is 0 Å². The minimum atomic E-state index is -0.0116. The second-order valence-electron chi connectivity index (χ2n) is 7.64. The first-order valence-electron chi connectivity index (χ1n) is 9.99. The first kappa shape index (κ1) is 17.8. The quantitative estimate of drug-likeness (QED) is 0.677. The Kier molecular flexibility index (Phi) is 4.27. The van der Waals surface area contributed by atoms with Gasteiger partial charge in [-0.25, -0.2) is 0 Å². The lowest BCUT2D eigenvalue weighted by Crippen LogP contribution is -2.15.